The van der Waals surface area contributed by atoms with Crippen LogP contribution in [0.4, 0.5) is 0 Å². The number of carboxylic acid groups (broad SMARTS) is 1. The summed E-state index contributed by atoms with van der Waals surface area (Å²) >= 11 is 0. The van der Waals surface area contributed by atoms with E-state index < -0.39 is 11.9 Å². The molecular weight excluding hydrogens is 267 g/mol. The molecule has 0 saturated carbocycles. The number of aliphatic carboxylic acids is 1. The second kappa shape index (κ2) is 7.82. The van der Waals surface area contributed by atoms with Crippen molar-refractivity contribution in [3.05, 3.63) is 60.2 Å². The van der Waals surface area contributed by atoms with E-state index in [1.54, 1.807) is 31.2 Å². The molecule has 19 heavy (non-hydrogen) atoms. The molecule has 2 rings (SSSR count). The van der Waals surface area contributed by atoms with Gasteiger partial charge in [0.1, 0.15) is 11.5 Å². The molecule has 0 aliphatic heterocycles. The van der Waals surface area contributed by atoms with Crippen LogP contribution in [0.1, 0.15) is 18.4 Å². The van der Waals surface area contributed by atoms with Gasteiger partial charge in [0.05, 0.1) is 0 Å². The van der Waals surface area contributed by atoms with Crippen LogP contribution in [-0.4, -0.2) is 5.97 Å². The van der Waals surface area contributed by atoms with E-state index in [0.717, 1.165) is 5.75 Å². The third-order valence-corrected chi connectivity index (χ3v) is 2.69. The number of hydrogen-bond acceptors (Lipinski definition) is 3. The number of carbonyl (C=O) groups is 1. The Bertz CT molecular complexity index is 540. The number of benzene rings is 2. The van der Waals surface area contributed by atoms with Gasteiger partial charge in [-0.15, -0.1) is 0 Å². The van der Waals surface area contributed by atoms with Crippen molar-refractivity contribution < 1.29 is 66.0 Å². The average Bonchev–Trinajstić information content (AvgIpc) is 2.39. The van der Waals surface area contributed by atoms with Gasteiger partial charge < -0.3 is 14.6 Å². The molecule has 0 saturated heterocycles. The first-order chi connectivity index (χ1) is 8.66. The summed E-state index contributed by atoms with van der Waals surface area (Å²) in [6.07, 6.45) is 0. The Balaban J connectivity index is 0.00000180. The predicted octanol–water partition coefficient (Wildman–Crippen LogP) is -0.664. The average molecular weight is 280 g/mol. The molecule has 0 amide bonds. The molecule has 0 spiro atoms. The van der Waals surface area contributed by atoms with Gasteiger partial charge in [0.25, 0.3) is 0 Å². The number of ether oxygens (including phenoxy) is 1. The van der Waals surface area contributed by atoms with Gasteiger partial charge in [-0.25, -0.2) is 0 Å². The van der Waals surface area contributed by atoms with Gasteiger partial charge in [-0.3, -0.25) is 0 Å². The zero-order chi connectivity index (χ0) is 13.0. The van der Waals surface area contributed by atoms with E-state index in [-0.39, 0.29) is 51.4 Å². The topological polar surface area (TPSA) is 49.4 Å². The molecule has 0 aliphatic carbocycles. The molecule has 0 fully saturated rings. The zero-order valence-corrected chi connectivity index (χ0v) is 14.1. The number of carboxylic acids is 1. The summed E-state index contributed by atoms with van der Waals surface area (Å²) in [5.41, 5.74) is 0.670. The fourth-order valence-corrected chi connectivity index (χ4v) is 1.61. The number of para-hydroxylation sites is 1. The standard InChI is InChI=1S/C15H14O3.K/c1-11(15(16)17)12-6-5-9-14(10-12)18-13-7-3-2-4-8-13;/h2-11H,1H3,(H,16,17);/q;+1/p-1. The fraction of sp³-hybridized carbons (Fsp3) is 0.133. The molecule has 0 heterocycles. The van der Waals surface area contributed by atoms with Gasteiger partial charge in [-0.2, -0.15) is 0 Å². The van der Waals surface area contributed by atoms with Crippen molar-refractivity contribution in [1.82, 2.24) is 0 Å². The van der Waals surface area contributed by atoms with Gasteiger partial charge in [0.2, 0.25) is 0 Å². The molecule has 2 aromatic carbocycles. The third-order valence-electron chi connectivity index (χ3n) is 2.69. The molecular formula is C15H13KO3. The Morgan fingerprint density at radius 3 is 2.32 bits per heavy atom. The van der Waals surface area contributed by atoms with E-state index in [2.05, 4.69) is 0 Å². The molecule has 3 nitrogen and oxygen atoms in total. The van der Waals surface area contributed by atoms with Crippen molar-refractivity contribution >= 4 is 5.97 Å². The summed E-state index contributed by atoms with van der Waals surface area (Å²) in [5, 5.41) is 10.8. The molecule has 0 radical (unpaired) electrons. The second-order valence-corrected chi connectivity index (χ2v) is 4.03. The largest absolute Gasteiger partial charge is 1.00 e. The Morgan fingerprint density at radius 2 is 1.68 bits per heavy atom. The molecule has 2 aromatic rings. The van der Waals surface area contributed by atoms with Crippen LogP contribution in [0, 0.1) is 0 Å². The van der Waals surface area contributed by atoms with Crippen LogP contribution < -0.4 is 61.2 Å². The van der Waals surface area contributed by atoms with E-state index in [9.17, 15) is 9.90 Å². The van der Waals surface area contributed by atoms with Crippen molar-refractivity contribution in [1.29, 1.82) is 0 Å². The molecule has 0 aliphatic rings. The molecule has 0 N–H and O–H groups in total. The van der Waals surface area contributed by atoms with Gasteiger partial charge in [-0.1, -0.05) is 37.3 Å². The van der Waals surface area contributed by atoms with E-state index >= 15 is 0 Å². The molecule has 92 valence electrons. The zero-order valence-electron chi connectivity index (χ0n) is 11.0. The SMILES string of the molecule is CC(C(=O)[O-])c1cccc(Oc2ccccc2)c1.[K+]. The van der Waals surface area contributed by atoms with Crippen LogP contribution in [-0.2, 0) is 4.79 Å². The quantitative estimate of drug-likeness (QED) is 0.698. The maximum absolute atomic E-state index is 10.8. The van der Waals surface area contributed by atoms with Gasteiger partial charge >= 0.3 is 51.4 Å². The van der Waals surface area contributed by atoms with Crippen molar-refractivity contribution in [2.24, 2.45) is 0 Å². The number of carbonyl (C=O) groups excluding carboxylic acids is 1. The summed E-state index contributed by atoms with van der Waals surface area (Å²) in [5.74, 6) is -0.404. The molecule has 0 aromatic heterocycles. The van der Waals surface area contributed by atoms with E-state index in [1.165, 1.54) is 0 Å². The first-order valence-electron chi connectivity index (χ1n) is 5.70. The monoisotopic (exact) mass is 280 g/mol. The van der Waals surface area contributed by atoms with E-state index in [0.29, 0.717) is 11.3 Å². The van der Waals surface area contributed by atoms with Crippen molar-refractivity contribution in [3.63, 3.8) is 0 Å². The Kier molecular flexibility index (Phi) is 6.75. The molecule has 1 unspecified atom stereocenters. The maximum atomic E-state index is 10.8. The smallest absolute Gasteiger partial charge is 0.550 e. The van der Waals surface area contributed by atoms with Gasteiger partial charge in [0, 0.05) is 11.9 Å². The van der Waals surface area contributed by atoms with Crippen molar-refractivity contribution in [3.8, 4) is 11.5 Å². The normalized spacial score (nSPS) is 11.2. The second-order valence-electron chi connectivity index (χ2n) is 4.03. The maximum Gasteiger partial charge on any atom is 1.00 e. The van der Waals surface area contributed by atoms with E-state index in [1.807, 2.05) is 30.3 Å². The van der Waals surface area contributed by atoms with Crippen molar-refractivity contribution in [2.75, 3.05) is 0 Å². The summed E-state index contributed by atoms with van der Waals surface area (Å²) in [4.78, 5) is 10.8. The predicted molar refractivity (Wildman–Crippen MR) is 66.4 cm³/mol. The Labute approximate surface area is 155 Å². The van der Waals surface area contributed by atoms with Crippen LogP contribution in [0.15, 0.2) is 54.6 Å². The first kappa shape index (κ1) is 16.4. The first-order valence-corrected chi connectivity index (χ1v) is 5.70. The van der Waals surface area contributed by atoms with Crippen LogP contribution in [0.2, 0.25) is 0 Å². The minimum absolute atomic E-state index is 0. The summed E-state index contributed by atoms with van der Waals surface area (Å²) in [6, 6.07) is 16.4. The Morgan fingerprint density at radius 1 is 1.05 bits per heavy atom. The number of hydrogen-bond donors (Lipinski definition) is 0. The van der Waals surface area contributed by atoms with Crippen LogP contribution in [0.5, 0.6) is 11.5 Å². The Hall–Kier alpha value is -0.654. The van der Waals surface area contributed by atoms with Crippen LogP contribution in [0.3, 0.4) is 0 Å². The van der Waals surface area contributed by atoms with Crippen LogP contribution in [0.25, 0.3) is 0 Å². The fourth-order valence-electron chi connectivity index (χ4n) is 1.61. The summed E-state index contributed by atoms with van der Waals surface area (Å²) in [7, 11) is 0. The minimum Gasteiger partial charge on any atom is -0.550 e. The van der Waals surface area contributed by atoms with Gasteiger partial charge in [-0.05, 0) is 29.8 Å². The van der Waals surface area contributed by atoms with Crippen LogP contribution >= 0.6 is 0 Å². The summed E-state index contributed by atoms with van der Waals surface area (Å²) in [6.45, 7) is 1.59. The molecule has 4 heteroatoms. The number of rotatable bonds is 4. The van der Waals surface area contributed by atoms with Gasteiger partial charge in [0.15, 0.2) is 0 Å². The van der Waals surface area contributed by atoms with Crippen molar-refractivity contribution in [2.45, 2.75) is 12.8 Å². The third kappa shape index (κ3) is 4.74. The minimum atomic E-state index is -1.09. The van der Waals surface area contributed by atoms with E-state index in [4.69, 9.17) is 4.74 Å². The molecule has 1 atom stereocenters. The molecule has 0 bridgehead atoms. The summed E-state index contributed by atoms with van der Waals surface area (Å²) < 4.78 is 5.64.